The molecule has 0 saturated carbocycles. The van der Waals surface area contributed by atoms with Crippen molar-refractivity contribution < 1.29 is 22.6 Å². The summed E-state index contributed by atoms with van der Waals surface area (Å²) in [4.78, 5) is 28.3. The lowest BCUT2D eigenvalue weighted by Crippen LogP contribution is -2.24. The van der Waals surface area contributed by atoms with Crippen molar-refractivity contribution in [3.8, 4) is 22.3 Å². The molecule has 0 spiro atoms. The Kier molecular flexibility index (Phi) is 11.8. The first kappa shape index (κ1) is 29.8. The van der Waals surface area contributed by atoms with Gasteiger partial charge in [-0.25, -0.2) is 0 Å². The van der Waals surface area contributed by atoms with Gasteiger partial charge in [0.25, 0.3) is 11.9 Å². The Labute approximate surface area is 239 Å². The Morgan fingerprint density at radius 2 is 1.08 bits per heavy atom. The summed E-state index contributed by atoms with van der Waals surface area (Å²) in [5, 5.41) is 4.03. The van der Waals surface area contributed by atoms with Crippen molar-refractivity contribution in [2.24, 2.45) is 0 Å². The zero-order chi connectivity index (χ0) is 26.0. The van der Waals surface area contributed by atoms with Crippen LogP contribution in [-0.2, 0) is 17.2 Å². The van der Waals surface area contributed by atoms with E-state index in [-0.39, 0.29) is 29.3 Å². The highest BCUT2D eigenvalue weighted by Crippen LogP contribution is 2.38. The van der Waals surface area contributed by atoms with E-state index >= 15 is 0 Å². The smallest absolute Gasteiger partial charge is 0.589 e. The molecule has 1 radical (unpaired) electrons. The third kappa shape index (κ3) is 7.22. The predicted octanol–water partition coefficient (Wildman–Crippen LogP) is 7.41. The van der Waals surface area contributed by atoms with Crippen LogP contribution < -0.4 is 0 Å². The molecule has 0 aliphatic rings. The van der Waals surface area contributed by atoms with Crippen LogP contribution in [0.3, 0.4) is 0 Å². The SMILES string of the molecule is CCCC(C(=O)[O][Al][O]C(=O)C(CCC)c1sccc1-c1ccccc1)c1sccc1-c1ccccc1.O. The molecule has 2 aromatic carbocycles. The molecule has 2 atom stereocenters. The van der Waals surface area contributed by atoms with Crippen LogP contribution >= 0.6 is 22.7 Å². The summed E-state index contributed by atoms with van der Waals surface area (Å²) in [6.45, 7) is 4.12. The molecule has 197 valence electrons. The molecule has 0 aliphatic heterocycles. The van der Waals surface area contributed by atoms with Crippen LogP contribution in [0.2, 0.25) is 0 Å². The van der Waals surface area contributed by atoms with Gasteiger partial charge in [-0.15, -0.1) is 22.7 Å². The van der Waals surface area contributed by atoms with Crippen molar-refractivity contribution in [3.05, 3.63) is 93.3 Å². The average Bonchev–Trinajstić information content (AvgIpc) is 3.61. The minimum absolute atomic E-state index is 0. The molecular weight excluding hydrogens is 531 g/mol. The van der Waals surface area contributed by atoms with Crippen LogP contribution in [0.4, 0.5) is 0 Å². The summed E-state index contributed by atoms with van der Waals surface area (Å²) in [5.41, 5.74) is 4.28. The zero-order valence-corrected chi connectivity index (χ0v) is 24.4. The van der Waals surface area contributed by atoms with Gasteiger partial charge >= 0.3 is 15.9 Å². The van der Waals surface area contributed by atoms with E-state index in [9.17, 15) is 9.59 Å². The highest BCUT2D eigenvalue weighted by molar-refractivity contribution is 7.11. The number of rotatable bonds is 12. The maximum absolute atomic E-state index is 13.2. The largest absolute Gasteiger partial charge is 0.885 e. The summed E-state index contributed by atoms with van der Waals surface area (Å²) >= 11 is 1.90. The van der Waals surface area contributed by atoms with Crippen LogP contribution in [0.1, 0.15) is 61.1 Å². The van der Waals surface area contributed by atoms with Crippen molar-refractivity contribution in [2.75, 3.05) is 0 Å². The molecule has 0 saturated heterocycles. The number of thiophene rings is 2. The first-order valence-corrected chi connectivity index (χ1v) is 15.3. The Bertz CT molecular complexity index is 1190. The number of carbonyl (C=O) groups is 2. The van der Waals surface area contributed by atoms with E-state index in [1.54, 1.807) is 22.7 Å². The second kappa shape index (κ2) is 15.0. The molecule has 0 aliphatic carbocycles. The van der Waals surface area contributed by atoms with Crippen molar-refractivity contribution >= 4 is 50.5 Å². The minimum atomic E-state index is -1.24. The van der Waals surface area contributed by atoms with Gasteiger partial charge in [0.1, 0.15) is 0 Å². The van der Waals surface area contributed by atoms with E-state index in [0.29, 0.717) is 12.8 Å². The zero-order valence-electron chi connectivity index (χ0n) is 21.6. The summed E-state index contributed by atoms with van der Waals surface area (Å²) in [6, 6.07) is 24.3. The summed E-state index contributed by atoms with van der Waals surface area (Å²) in [7, 11) is 0. The van der Waals surface area contributed by atoms with Crippen molar-refractivity contribution in [2.45, 2.75) is 51.4 Å². The Hall–Kier alpha value is -2.73. The molecular formula is C30H32AlO5S2. The summed E-state index contributed by atoms with van der Waals surface area (Å²) in [6.07, 6.45) is 3.06. The Morgan fingerprint density at radius 1 is 0.684 bits per heavy atom. The lowest BCUT2D eigenvalue weighted by Gasteiger charge is -2.19. The predicted molar refractivity (Wildman–Crippen MR) is 156 cm³/mol. The monoisotopic (exact) mass is 563 g/mol. The number of hydrogen-bond acceptors (Lipinski definition) is 6. The second-order valence-electron chi connectivity index (χ2n) is 8.78. The molecule has 0 bridgehead atoms. The molecule has 2 N–H and O–H groups in total. The number of carbonyl (C=O) groups excluding carboxylic acids is 2. The standard InChI is InChI=1S/2C15H16O2S.Al.H2O/c2*1-2-6-13(15(16)17)14-12(9-10-18-14)11-7-4-3-5-8-11;;/h2*3-5,7-10,13H,2,6H2,1H3,(H,16,17);;1H2/q;;+2;/p-2. The Balaban J connectivity index is 0.00000400. The van der Waals surface area contributed by atoms with Crippen LogP contribution in [0.25, 0.3) is 22.3 Å². The van der Waals surface area contributed by atoms with Gasteiger partial charge in [-0.1, -0.05) is 87.4 Å². The average molecular weight is 564 g/mol. The van der Waals surface area contributed by atoms with E-state index in [1.807, 2.05) is 47.2 Å². The van der Waals surface area contributed by atoms with Gasteiger partial charge in [0.2, 0.25) is 0 Å². The molecule has 2 unspecified atom stereocenters. The Morgan fingerprint density at radius 3 is 1.45 bits per heavy atom. The molecule has 4 rings (SSSR count). The quantitative estimate of drug-likeness (QED) is 0.168. The molecule has 4 aromatic rings. The third-order valence-corrected chi connectivity index (χ3v) is 8.96. The maximum atomic E-state index is 13.2. The maximum Gasteiger partial charge on any atom is 0.885 e. The highest BCUT2D eigenvalue weighted by atomic mass is 32.1. The molecule has 2 heterocycles. The van der Waals surface area contributed by atoms with E-state index in [2.05, 4.69) is 50.2 Å². The van der Waals surface area contributed by atoms with Crippen molar-refractivity contribution in [1.29, 1.82) is 0 Å². The second-order valence-corrected chi connectivity index (χ2v) is 11.3. The highest BCUT2D eigenvalue weighted by Gasteiger charge is 2.30. The normalized spacial score (nSPS) is 12.2. The molecule has 5 nitrogen and oxygen atoms in total. The van der Waals surface area contributed by atoms with Gasteiger partial charge in [-0.3, -0.25) is 9.59 Å². The lowest BCUT2D eigenvalue weighted by molar-refractivity contribution is -0.141. The minimum Gasteiger partial charge on any atom is -0.589 e. The molecule has 2 aromatic heterocycles. The fourth-order valence-electron chi connectivity index (χ4n) is 4.47. The van der Waals surface area contributed by atoms with E-state index < -0.39 is 15.9 Å². The third-order valence-electron chi connectivity index (χ3n) is 6.25. The molecule has 8 heteroatoms. The summed E-state index contributed by atoms with van der Waals surface area (Å²) in [5.74, 6) is -1.39. The summed E-state index contributed by atoms with van der Waals surface area (Å²) < 4.78 is 11.2. The van der Waals surface area contributed by atoms with E-state index in [4.69, 9.17) is 7.58 Å². The van der Waals surface area contributed by atoms with Gasteiger partial charge in [-0.05, 0) is 58.0 Å². The topological polar surface area (TPSA) is 84.1 Å². The van der Waals surface area contributed by atoms with Crippen LogP contribution in [0, 0.1) is 0 Å². The van der Waals surface area contributed by atoms with Crippen LogP contribution in [0.5, 0.6) is 0 Å². The van der Waals surface area contributed by atoms with Gasteiger partial charge in [0, 0.05) is 9.75 Å². The van der Waals surface area contributed by atoms with E-state index in [1.165, 1.54) is 0 Å². The number of benzene rings is 2. The lowest BCUT2D eigenvalue weighted by atomic mass is 9.96. The molecule has 0 fully saturated rings. The van der Waals surface area contributed by atoms with E-state index in [0.717, 1.165) is 44.8 Å². The first-order valence-electron chi connectivity index (χ1n) is 12.6. The van der Waals surface area contributed by atoms with Gasteiger partial charge < -0.3 is 13.1 Å². The van der Waals surface area contributed by atoms with Crippen LogP contribution in [-0.4, -0.2) is 33.3 Å². The number of hydrogen-bond donors (Lipinski definition) is 0. The van der Waals surface area contributed by atoms with Gasteiger partial charge in [0.15, 0.2) is 0 Å². The van der Waals surface area contributed by atoms with Gasteiger partial charge in [-0.2, -0.15) is 0 Å². The molecule has 0 amide bonds. The molecule has 38 heavy (non-hydrogen) atoms. The first-order chi connectivity index (χ1) is 18.1. The van der Waals surface area contributed by atoms with Crippen molar-refractivity contribution in [3.63, 3.8) is 0 Å². The van der Waals surface area contributed by atoms with Crippen LogP contribution in [0.15, 0.2) is 83.6 Å². The van der Waals surface area contributed by atoms with Crippen molar-refractivity contribution in [1.82, 2.24) is 0 Å². The fourth-order valence-corrected chi connectivity index (χ4v) is 7.12. The fraction of sp³-hybridized carbons (Fsp3) is 0.267. The van der Waals surface area contributed by atoms with Gasteiger partial charge in [0.05, 0.1) is 11.8 Å².